The Morgan fingerprint density at radius 3 is 2.30 bits per heavy atom. The number of H-pyrrole nitrogens is 2. The zero-order valence-corrected chi connectivity index (χ0v) is 16.5. The summed E-state index contributed by atoms with van der Waals surface area (Å²) >= 11 is 1.33. The van der Waals surface area contributed by atoms with Gasteiger partial charge in [-0.05, 0) is 59.8 Å². The number of amidine groups is 1. The van der Waals surface area contributed by atoms with E-state index >= 15 is 0 Å². The summed E-state index contributed by atoms with van der Waals surface area (Å²) in [5.41, 5.74) is 3.53. The van der Waals surface area contributed by atoms with E-state index in [0.717, 1.165) is 22.5 Å². The lowest BCUT2D eigenvalue weighted by atomic mass is 10.2. The summed E-state index contributed by atoms with van der Waals surface area (Å²) in [6, 6.07) is 24.6. The number of aliphatic imine (C=N–C) groups is 1. The number of hydrogen-bond acceptors (Lipinski definition) is 4. The van der Waals surface area contributed by atoms with Gasteiger partial charge in [0.2, 0.25) is 0 Å². The number of para-hydroxylation sites is 2. The maximum Gasteiger partial charge on any atom is 0.323 e. The first-order valence-corrected chi connectivity index (χ1v) is 10.1. The largest absolute Gasteiger partial charge is 0.323 e. The SMILES string of the molecule is O=C1C(=Cc2ccc3[nH]c(=O)[nH]c3c2)S/C(=N\c2ccccc2)N1c1ccccc1. The minimum atomic E-state index is -0.256. The van der Waals surface area contributed by atoms with Crippen LogP contribution in [0, 0.1) is 0 Å². The molecule has 30 heavy (non-hydrogen) atoms. The van der Waals surface area contributed by atoms with E-state index in [9.17, 15) is 9.59 Å². The van der Waals surface area contributed by atoms with Gasteiger partial charge >= 0.3 is 5.69 Å². The standard InChI is InChI=1S/C23H16N4O2S/c28-21-20(14-15-11-12-18-19(13-15)26-22(29)25-18)30-23(24-16-7-3-1-4-8-16)27(21)17-9-5-2-6-10-17/h1-14H,(H2,25,26,29)/b20-14?,24-23-. The van der Waals surface area contributed by atoms with Gasteiger partial charge in [0, 0.05) is 0 Å². The summed E-state index contributed by atoms with van der Waals surface area (Å²) in [7, 11) is 0. The lowest BCUT2D eigenvalue weighted by molar-refractivity contribution is -0.113. The van der Waals surface area contributed by atoms with Crippen LogP contribution in [0.3, 0.4) is 0 Å². The third-order valence-corrected chi connectivity index (χ3v) is 5.61. The van der Waals surface area contributed by atoms with Crippen molar-refractivity contribution in [3.05, 3.63) is 99.8 Å². The average Bonchev–Trinajstić information content (AvgIpc) is 3.27. The number of rotatable bonds is 3. The van der Waals surface area contributed by atoms with Crippen LogP contribution in [-0.2, 0) is 4.79 Å². The molecule has 0 aliphatic carbocycles. The van der Waals surface area contributed by atoms with Crippen molar-refractivity contribution in [1.29, 1.82) is 0 Å². The summed E-state index contributed by atoms with van der Waals surface area (Å²) in [4.78, 5) is 37.1. The van der Waals surface area contributed by atoms with Crippen LogP contribution in [0.1, 0.15) is 5.56 Å². The third kappa shape index (κ3) is 3.46. The minimum Gasteiger partial charge on any atom is -0.306 e. The molecule has 0 spiro atoms. The van der Waals surface area contributed by atoms with Crippen molar-refractivity contribution in [3.63, 3.8) is 0 Å². The summed E-state index contributed by atoms with van der Waals surface area (Å²) in [6.07, 6.45) is 1.82. The molecule has 146 valence electrons. The number of hydrogen-bond donors (Lipinski definition) is 2. The Kier molecular flexibility index (Phi) is 4.57. The number of anilines is 1. The zero-order chi connectivity index (χ0) is 20.5. The van der Waals surface area contributed by atoms with E-state index in [1.807, 2.05) is 84.9 Å². The Hall–Kier alpha value is -3.84. The second-order valence-corrected chi connectivity index (χ2v) is 7.71. The van der Waals surface area contributed by atoms with Crippen LogP contribution in [0.2, 0.25) is 0 Å². The summed E-state index contributed by atoms with van der Waals surface area (Å²) < 4.78 is 0. The number of amides is 1. The number of nitrogens with one attached hydrogen (secondary N) is 2. The first-order chi connectivity index (χ1) is 14.7. The molecular weight excluding hydrogens is 396 g/mol. The molecule has 1 saturated heterocycles. The topological polar surface area (TPSA) is 81.3 Å². The van der Waals surface area contributed by atoms with Crippen molar-refractivity contribution in [2.75, 3.05) is 4.90 Å². The van der Waals surface area contributed by atoms with E-state index in [0.29, 0.717) is 15.6 Å². The van der Waals surface area contributed by atoms with Crippen LogP contribution in [0.5, 0.6) is 0 Å². The molecule has 1 amide bonds. The Morgan fingerprint density at radius 1 is 0.833 bits per heavy atom. The van der Waals surface area contributed by atoms with Gasteiger partial charge in [0.05, 0.1) is 27.3 Å². The highest BCUT2D eigenvalue weighted by Gasteiger charge is 2.34. The minimum absolute atomic E-state index is 0.136. The molecule has 0 atom stereocenters. The molecule has 2 heterocycles. The Balaban J connectivity index is 1.57. The van der Waals surface area contributed by atoms with Gasteiger partial charge in [0.1, 0.15) is 0 Å². The van der Waals surface area contributed by atoms with Gasteiger partial charge in [0.15, 0.2) is 5.17 Å². The molecule has 0 bridgehead atoms. The smallest absolute Gasteiger partial charge is 0.306 e. The maximum atomic E-state index is 13.3. The van der Waals surface area contributed by atoms with E-state index in [2.05, 4.69) is 9.97 Å². The van der Waals surface area contributed by atoms with E-state index in [1.165, 1.54) is 11.8 Å². The normalized spacial score (nSPS) is 16.8. The molecule has 7 heteroatoms. The predicted octanol–water partition coefficient (Wildman–Crippen LogP) is 4.66. The molecule has 1 aromatic heterocycles. The predicted molar refractivity (Wildman–Crippen MR) is 122 cm³/mol. The van der Waals surface area contributed by atoms with Crippen molar-refractivity contribution in [1.82, 2.24) is 9.97 Å². The molecule has 0 saturated carbocycles. The van der Waals surface area contributed by atoms with E-state index in [-0.39, 0.29) is 11.6 Å². The number of thioether (sulfide) groups is 1. The highest BCUT2D eigenvalue weighted by atomic mass is 32.2. The molecule has 1 fully saturated rings. The number of aromatic nitrogens is 2. The van der Waals surface area contributed by atoms with Crippen LogP contribution in [0.15, 0.2) is 93.6 Å². The molecule has 5 rings (SSSR count). The van der Waals surface area contributed by atoms with Gasteiger partial charge in [-0.2, -0.15) is 0 Å². The fourth-order valence-electron chi connectivity index (χ4n) is 3.26. The number of carbonyl (C=O) groups excluding carboxylic acids is 1. The van der Waals surface area contributed by atoms with E-state index in [4.69, 9.17) is 4.99 Å². The maximum absolute atomic E-state index is 13.3. The van der Waals surface area contributed by atoms with Crippen LogP contribution < -0.4 is 10.6 Å². The van der Waals surface area contributed by atoms with Crippen LogP contribution in [0.25, 0.3) is 17.1 Å². The highest BCUT2D eigenvalue weighted by molar-refractivity contribution is 8.19. The number of carbonyl (C=O) groups is 1. The highest BCUT2D eigenvalue weighted by Crippen LogP contribution is 2.37. The Morgan fingerprint density at radius 2 is 1.53 bits per heavy atom. The number of benzene rings is 3. The molecule has 0 unspecified atom stereocenters. The van der Waals surface area contributed by atoms with Crippen molar-refractivity contribution >= 4 is 51.3 Å². The fourth-order valence-corrected chi connectivity index (χ4v) is 4.26. The van der Waals surface area contributed by atoms with Crippen LogP contribution in [0.4, 0.5) is 11.4 Å². The molecule has 4 aromatic rings. The number of nitrogens with zero attached hydrogens (tertiary/aromatic N) is 2. The molecule has 1 aliphatic heterocycles. The first-order valence-electron chi connectivity index (χ1n) is 9.32. The molecule has 2 N–H and O–H groups in total. The zero-order valence-electron chi connectivity index (χ0n) is 15.7. The van der Waals surface area contributed by atoms with Crippen LogP contribution >= 0.6 is 11.8 Å². The van der Waals surface area contributed by atoms with Crippen molar-refractivity contribution in [3.8, 4) is 0 Å². The van der Waals surface area contributed by atoms with Gasteiger partial charge < -0.3 is 9.97 Å². The van der Waals surface area contributed by atoms with Crippen molar-refractivity contribution in [2.45, 2.75) is 0 Å². The third-order valence-electron chi connectivity index (χ3n) is 4.64. The number of imidazole rings is 1. The average molecular weight is 412 g/mol. The van der Waals surface area contributed by atoms with E-state index in [1.54, 1.807) is 4.90 Å². The van der Waals surface area contributed by atoms with Crippen LogP contribution in [-0.4, -0.2) is 21.0 Å². The first kappa shape index (κ1) is 18.2. The molecule has 6 nitrogen and oxygen atoms in total. The van der Waals surface area contributed by atoms with Crippen molar-refractivity contribution in [2.24, 2.45) is 4.99 Å². The lowest BCUT2D eigenvalue weighted by Gasteiger charge is -2.15. The second-order valence-electron chi connectivity index (χ2n) is 6.70. The summed E-state index contributed by atoms with van der Waals surface area (Å²) in [5, 5.41) is 0.597. The molecule has 3 aromatic carbocycles. The lowest BCUT2D eigenvalue weighted by Crippen LogP contribution is -2.28. The van der Waals surface area contributed by atoms with Gasteiger partial charge in [-0.1, -0.05) is 42.5 Å². The molecular formula is C23H16N4O2S. The second kappa shape index (κ2) is 7.53. The summed E-state index contributed by atoms with van der Waals surface area (Å²) in [5.74, 6) is -0.136. The van der Waals surface area contributed by atoms with Crippen molar-refractivity contribution < 1.29 is 4.79 Å². The Labute approximate surface area is 176 Å². The monoisotopic (exact) mass is 412 g/mol. The van der Waals surface area contributed by atoms with Gasteiger partial charge in [-0.25, -0.2) is 9.79 Å². The number of aromatic amines is 2. The van der Waals surface area contributed by atoms with Gasteiger partial charge in [0.25, 0.3) is 5.91 Å². The van der Waals surface area contributed by atoms with E-state index < -0.39 is 0 Å². The molecule has 0 radical (unpaired) electrons. The molecule has 1 aliphatic rings. The number of fused-ring (bicyclic) bond motifs is 1. The quantitative estimate of drug-likeness (QED) is 0.480. The van der Waals surface area contributed by atoms with Gasteiger partial charge in [-0.15, -0.1) is 0 Å². The Bertz CT molecular complexity index is 1350. The van der Waals surface area contributed by atoms with Gasteiger partial charge in [-0.3, -0.25) is 9.69 Å². The fraction of sp³-hybridized carbons (Fsp3) is 0. The summed E-state index contributed by atoms with van der Waals surface area (Å²) in [6.45, 7) is 0.